The van der Waals surface area contributed by atoms with Crippen LogP contribution in [0, 0.1) is 13.8 Å². The molecule has 16 heavy (non-hydrogen) atoms. The number of halogens is 1. The third-order valence-corrected chi connectivity index (χ3v) is 2.83. The van der Waals surface area contributed by atoms with Crippen molar-refractivity contribution in [2.75, 3.05) is 0 Å². The lowest BCUT2D eigenvalue weighted by Crippen LogP contribution is -1.89. The van der Waals surface area contributed by atoms with Gasteiger partial charge in [-0.2, -0.15) is 0 Å². The molecule has 0 amide bonds. The maximum absolute atomic E-state index is 5.65. The lowest BCUT2D eigenvalue weighted by molar-refractivity contribution is 0.461. The number of aryl methyl sites for hydroxylation is 2. The highest BCUT2D eigenvalue weighted by Crippen LogP contribution is 2.23. The fourth-order valence-electron chi connectivity index (χ4n) is 1.34. The quantitative estimate of drug-likeness (QED) is 0.766. The SMILES string of the molecule is Cc1ccc(Oc2cccc(Br)n2)cc1C. The lowest BCUT2D eigenvalue weighted by Gasteiger charge is -2.07. The number of aromatic nitrogens is 1. The molecule has 2 rings (SSSR count). The Bertz CT molecular complexity index is 511. The standard InChI is InChI=1S/C13H12BrNO/c1-9-6-7-11(8-10(9)2)16-13-5-3-4-12(14)15-13/h3-8H,1-2H3. The van der Waals surface area contributed by atoms with Crippen molar-refractivity contribution in [2.45, 2.75) is 13.8 Å². The van der Waals surface area contributed by atoms with E-state index in [4.69, 9.17) is 4.74 Å². The van der Waals surface area contributed by atoms with Gasteiger partial charge in [-0.05, 0) is 59.1 Å². The fourth-order valence-corrected chi connectivity index (χ4v) is 1.67. The van der Waals surface area contributed by atoms with Gasteiger partial charge in [-0.15, -0.1) is 0 Å². The number of nitrogens with zero attached hydrogens (tertiary/aromatic N) is 1. The largest absolute Gasteiger partial charge is 0.439 e. The van der Waals surface area contributed by atoms with Gasteiger partial charge in [0.05, 0.1) is 0 Å². The minimum Gasteiger partial charge on any atom is -0.439 e. The Hall–Kier alpha value is -1.35. The molecule has 0 radical (unpaired) electrons. The third kappa shape index (κ3) is 2.61. The first kappa shape index (κ1) is 11.1. The molecule has 2 aromatic rings. The molecule has 0 saturated heterocycles. The van der Waals surface area contributed by atoms with Gasteiger partial charge in [-0.25, -0.2) is 4.98 Å². The van der Waals surface area contributed by atoms with Gasteiger partial charge in [0.1, 0.15) is 10.4 Å². The Morgan fingerprint density at radius 3 is 2.56 bits per heavy atom. The van der Waals surface area contributed by atoms with Crippen LogP contribution in [0.5, 0.6) is 11.6 Å². The number of hydrogen-bond acceptors (Lipinski definition) is 2. The molecule has 0 aliphatic rings. The van der Waals surface area contributed by atoms with E-state index < -0.39 is 0 Å². The van der Waals surface area contributed by atoms with Gasteiger partial charge in [0, 0.05) is 6.07 Å². The van der Waals surface area contributed by atoms with E-state index in [0.717, 1.165) is 10.4 Å². The van der Waals surface area contributed by atoms with Crippen LogP contribution in [0.15, 0.2) is 41.0 Å². The van der Waals surface area contributed by atoms with E-state index in [1.165, 1.54) is 11.1 Å². The molecule has 1 heterocycles. The van der Waals surface area contributed by atoms with E-state index in [9.17, 15) is 0 Å². The normalized spacial score (nSPS) is 10.2. The molecule has 0 fully saturated rings. The zero-order chi connectivity index (χ0) is 11.5. The maximum Gasteiger partial charge on any atom is 0.220 e. The van der Waals surface area contributed by atoms with E-state index in [1.54, 1.807) is 0 Å². The molecule has 82 valence electrons. The summed E-state index contributed by atoms with van der Waals surface area (Å²) in [6, 6.07) is 11.6. The molecule has 0 N–H and O–H groups in total. The van der Waals surface area contributed by atoms with Crippen LogP contribution < -0.4 is 4.74 Å². The van der Waals surface area contributed by atoms with Gasteiger partial charge in [-0.1, -0.05) is 12.1 Å². The third-order valence-electron chi connectivity index (χ3n) is 2.39. The number of rotatable bonds is 2. The molecule has 2 nitrogen and oxygen atoms in total. The molecule has 3 heteroatoms. The van der Waals surface area contributed by atoms with E-state index >= 15 is 0 Å². The monoisotopic (exact) mass is 277 g/mol. The second kappa shape index (κ2) is 4.66. The van der Waals surface area contributed by atoms with Crippen molar-refractivity contribution < 1.29 is 4.74 Å². The topological polar surface area (TPSA) is 22.1 Å². The Labute approximate surface area is 103 Å². The van der Waals surface area contributed by atoms with Crippen LogP contribution in [0.4, 0.5) is 0 Å². The summed E-state index contributed by atoms with van der Waals surface area (Å²) >= 11 is 3.31. The Morgan fingerprint density at radius 1 is 1.06 bits per heavy atom. The van der Waals surface area contributed by atoms with E-state index in [0.29, 0.717) is 5.88 Å². The Morgan fingerprint density at radius 2 is 1.88 bits per heavy atom. The van der Waals surface area contributed by atoms with Crippen LogP contribution >= 0.6 is 15.9 Å². The van der Waals surface area contributed by atoms with Gasteiger partial charge in [0.2, 0.25) is 5.88 Å². The van der Waals surface area contributed by atoms with Crippen LogP contribution in [0.25, 0.3) is 0 Å². The van der Waals surface area contributed by atoms with Gasteiger partial charge in [0.15, 0.2) is 0 Å². The number of benzene rings is 1. The number of ether oxygens (including phenoxy) is 1. The smallest absolute Gasteiger partial charge is 0.220 e. The summed E-state index contributed by atoms with van der Waals surface area (Å²) in [7, 11) is 0. The highest BCUT2D eigenvalue weighted by atomic mass is 79.9. The molecular formula is C13H12BrNO. The van der Waals surface area contributed by atoms with Crippen LogP contribution in [-0.4, -0.2) is 4.98 Å². The Balaban J connectivity index is 2.24. The second-order valence-corrected chi connectivity index (χ2v) is 4.46. The van der Waals surface area contributed by atoms with E-state index in [-0.39, 0.29) is 0 Å². The van der Waals surface area contributed by atoms with Crippen LogP contribution in [0.2, 0.25) is 0 Å². The lowest BCUT2D eigenvalue weighted by atomic mass is 10.1. The molecular weight excluding hydrogens is 266 g/mol. The van der Waals surface area contributed by atoms with Crippen molar-refractivity contribution in [1.82, 2.24) is 4.98 Å². The van der Waals surface area contributed by atoms with Crippen molar-refractivity contribution in [3.05, 3.63) is 52.1 Å². The summed E-state index contributed by atoms with van der Waals surface area (Å²) < 4.78 is 6.43. The van der Waals surface area contributed by atoms with Gasteiger partial charge >= 0.3 is 0 Å². The Kier molecular flexibility index (Phi) is 3.25. The molecule has 0 bridgehead atoms. The predicted molar refractivity (Wildman–Crippen MR) is 67.9 cm³/mol. The van der Waals surface area contributed by atoms with Gasteiger partial charge in [-0.3, -0.25) is 0 Å². The molecule has 1 aromatic heterocycles. The zero-order valence-corrected chi connectivity index (χ0v) is 10.8. The highest BCUT2D eigenvalue weighted by Gasteiger charge is 2.00. The first-order valence-electron chi connectivity index (χ1n) is 5.03. The fraction of sp³-hybridized carbons (Fsp3) is 0.154. The summed E-state index contributed by atoms with van der Waals surface area (Å²) in [5, 5.41) is 0. The van der Waals surface area contributed by atoms with E-state index in [1.807, 2.05) is 36.4 Å². The van der Waals surface area contributed by atoms with Crippen LogP contribution in [0.1, 0.15) is 11.1 Å². The zero-order valence-electron chi connectivity index (χ0n) is 9.20. The minimum atomic E-state index is 0.595. The van der Waals surface area contributed by atoms with Gasteiger partial charge in [0.25, 0.3) is 0 Å². The van der Waals surface area contributed by atoms with Crippen molar-refractivity contribution in [3.63, 3.8) is 0 Å². The maximum atomic E-state index is 5.65. The van der Waals surface area contributed by atoms with Crippen molar-refractivity contribution in [1.29, 1.82) is 0 Å². The van der Waals surface area contributed by atoms with Gasteiger partial charge < -0.3 is 4.74 Å². The van der Waals surface area contributed by atoms with E-state index in [2.05, 4.69) is 34.8 Å². The summed E-state index contributed by atoms with van der Waals surface area (Å²) in [4.78, 5) is 4.22. The summed E-state index contributed by atoms with van der Waals surface area (Å²) in [6.45, 7) is 4.15. The first-order chi connectivity index (χ1) is 7.65. The molecule has 0 saturated carbocycles. The summed E-state index contributed by atoms with van der Waals surface area (Å²) in [5.41, 5.74) is 2.47. The average molecular weight is 278 g/mol. The first-order valence-corrected chi connectivity index (χ1v) is 5.82. The van der Waals surface area contributed by atoms with Crippen LogP contribution in [0.3, 0.4) is 0 Å². The number of hydrogen-bond donors (Lipinski definition) is 0. The molecule has 0 aliphatic carbocycles. The summed E-state index contributed by atoms with van der Waals surface area (Å²) in [5.74, 6) is 1.41. The minimum absolute atomic E-state index is 0.595. The molecule has 1 aromatic carbocycles. The van der Waals surface area contributed by atoms with Crippen molar-refractivity contribution in [3.8, 4) is 11.6 Å². The predicted octanol–water partition coefficient (Wildman–Crippen LogP) is 4.25. The van der Waals surface area contributed by atoms with Crippen molar-refractivity contribution >= 4 is 15.9 Å². The average Bonchev–Trinajstić information content (AvgIpc) is 2.24. The highest BCUT2D eigenvalue weighted by molar-refractivity contribution is 9.10. The van der Waals surface area contributed by atoms with Crippen LogP contribution in [-0.2, 0) is 0 Å². The molecule has 0 unspecified atom stereocenters. The summed E-state index contributed by atoms with van der Waals surface area (Å²) in [6.07, 6.45) is 0. The number of pyridine rings is 1. The second-order valence-electron chi connectivity index (χ2n) is 3.65. The van der Waals surface area contributed by atoms with Crippen molar-refractivity contribution in [2.24, 2.45) is 0 Å². The molecule has 0 aliphatic heterocycles. The molecule has 0 atom stereocenters. The molecule has 0 spiro atoms.